The van der Waals surface area contributed by atoms with Gasteiger partial charge in [0.1, 0.15) is 17.6 Å². The fraction of sp³-hybridized carbons (Fsp3) is 0.444. The molecular weight excluding hydrogens is 292 g/mol. The van der Waals surface area contributed by atoms with Crippen molar-refractivity contribution >= 4 is 5.91 Å². The molecule has 1 aliphatic heterocycles. The molecule has 1 aromatic heterocycles. The number of rotatable bonds is 4. The zero-order valence-electron chi connectivity index (χ0n) is 13.5. The van der Waals surface area contributed by atoms with Crippen molar-refractivity contribution in [1.82, 2.24) is 9.88 Å². The summed E-state index contributed by atoms with van der Waals surface area (Å²) < 4.78 is 5.83. The van der Waals surface area contributed by atoms with Crippen molar-refractivity contribution in [2.75, 3.05) is 6.54 Å². The lowest BCUT2D eigenvalue weighted by molar-refractivity contribution is -0.142. The van der Waals surface area contributed by atoms with E-state index in [1.54, 1.807) is 4.90 Å². The van der Waals surface area contributed by atoms with E-state index in [4.69, 9.17) is 4.42 Å². The van der Waals surface area contributed by atoms with Crippen molar-refractivity contribution in [2.45, 2.75) is 39.3 Å². The summed E-state index contributed by atoms with van der Waals surface area (Å²) in [6.45, 7) is 4.95. The van der Waals surface area contributed by atoms with Crippen LogP contribution in [-0.2, 0) is 17.8 Å². The van der Waals surface area contributed by atoms with Gasteiger partial charge in [-0.2, -0.15) is 0 Å². The number of fused-ring (bicyclic) bond motifs is 1. The summed E-state index contributed by atoms with van der Waals surface area (Å²) in [5.74, 6) is 1.50. The highest BCUT2D eigenvalue weighted by atomic mass is 16.4. The molecule has 1 N–H and O–H groups in total. The van der Waals surface area contributed by atoms with Crippen LogP contribution in [0.15, 0.2) is 34.7 Å². The number of hydrogen-bond acceptors (Lipinski definition) is 4. The molecule has 1 unspecified atom stereocenters. The molecule has 1 amide bonds. The highest BCUT2D eigenvalue weighted by molar-refractivity contribution is 5.80. The van der Waals surface area contributed by atoms with E-state index in [2.05, 4.69) is 4.98 Å². The average Bonchev–Trinajstić information content (AvgIpc) is 2.97. The van der Waals surface area contributed by atoms with E-state index in [9.17, 15) is 9.90 Å². The number of benzene rings is 1. The molecule has 5 nitrogen and oxygen atoms in total. The monoisotopic (exact) mass is 314 g/mol. The summed E-state index contributed by atoms with van der Waals surface area (Å²) in [5.41, 5.74) is 1.72. The number of aromatic nitrogens is 1. The van der Waals surface area contributed by atoms with Crippen LogP contribution in [0.4, 0.5) is 0 Å². The molecule has 1 aliphatic rings. The van der Waals surface area contributed by atoms with Gasteiger partial charge in [-0.05, 0) is 24.5 Å². The normalized spacial score (nSPS) is 15.6. The summed E-state index contributed by atoms with van der Waals surface area (Å²) >= 11 is 0. The summed E-state index contributed by atoms with van der Waals surface area (Å²) in [7, 11) is 0. The molecule has 1 atom stereocenters. The second kappa shape index (κ2) is 6.54. The molecule has 0 radical (unpaired) electrons. The largest absolute Gasteiger partial charge is 0.441 e. The van der Waals surface area contributed by atoms with Gasteiger partial charge in [-0.15, -0.1) is 0 Å². The summed E-state index contributed by atoms with van der Waals surface area (Å²) in [6.07, 6.45) is 0.183. The van der Waals surface area contributed by atoms with Gasteiger partial charge in [0.15, 0.2) is 0 Å². The third-order valence-electron chi connectivity index (χ3n) is 4.04. The summed E-state index contributed by atoms with van der Waals surface area (Å²) in [4.78, 5) is 18.5. The third-order valence-corrected chi connectivity index (χ3v) is 4.04. The SMILES string of the molecule is CC(C)CC(O)C(=O)N1CCc2oc(-c3ccccc3)nc2C1. The Labute approximate surface area is 135 Å². The summed E-state index contributed by atoms with van der Waals surface area (Å²) in [5, 5.41) is 10.0. The molecule has 0 bridgehead atoms. The highest BCUT2D eigenvalue weighted by Crippen LogP contribution is 2.26. The lowest BCUT2D eigenvalue weighted by Gasteiger charge is -2.27. The zero-order valence-corrected chi connectivity index (χ0v) is 13.5. The van der Waals surface area contributed by atoms with Gasteiger partial charge in [-0.3, -0.25) is 4.79 Å². The van der Waals surface area contributed by atoms with Gasteiger partial charge in [0, 0.05) is 18.5 Å². The number of aliphatic hydroxyl groups excluding tert-OH is 1. The molecule has 0 spiro atoms. The molecule has 3 rings (SSSR count). The highest BCUT2D eigenvalue weighted by Gasteiger charge is 2.29. The number of hydrogen-bond donors (Lipinski definition) is 1. The smallest absolute Gasteiger partial charge is 0.251 e. The average molecular weight is 314 g/mol. The van der Waals surface area contributed by atoms with Crippen molar-refractivity contribution in [1.29, 1.82) is 0 Å². The van der Waals surface area contributed by atoms with Crippen molar-refractivity contribution < 1.29 is 14.3 Å². The Morgan fingerprint density at radius 2 is 2.09 bits per heavy atom. The predicted octanol–water partition coefficient (Wildman–Crippen LogP) is 2.63. The zero-order chi connectivity index (χ0) is 16.4. The maximum Gasteiger partial charge on any atom is 0.251 e. The fourth-order valence-electron chi connectivity index (χ4n) is 2.85. The van der Waals surface area contributed by atoms with E-state index >= 15 is 0 Å². The van der Waals surface area contributed by atoms with E-state index in [1.807, 2.05) is 44.2 Å². The first-order chi connectivity index (χ1) is 11.0. The van der Waals surface area contributed by atoms with Crippen LogP contribution >= 0.6 is 0 Å². The van der Waals surface area contributed by atoms with Crippen LogP contribution in [-0.4, -0.2) is 33.5 Å². The lowest BCUT2D eigenvalue weighted by atomic mass is 10.0. The third kappa shape index (κ3) is 3.45. The van der Waals surface area contributed by atoms with Crippen LogP contribution in [0.5, 0.6) is 0 Å². The molecule has 0 saturated carbocycles. The Kier molecular flexibility index (Phi) is 4.48. The first-order valence-corrected chi connectivity index (χ1v) is 8.05. The fourth-order valence-corrected chi connectivity index (χ4v) is 2.85. The Bertz CT molecular complexity index is 679. The molecule has 0 fully saturated rings. The number of amides is 1. The minimum Gasteiger partial charge on any atom is -0.441 e. The Morgan fingerprint density at radius 1 is 1.35 bits per heavy atom. The maximum absolute atomic E-state index is 12.3. The van der Waals surface area contributed by atoms with E-state index < -0.39 is 6.10 Å². The quantitative estimate of drug-likeness (QED) is 0.942. The van der Waals surface area contributed by atoms with Crippen molar-refractivity contribution in [3.05, 3.63) is 41.8 Å². The number of oxazole rings is 1. The molecule has 1 aromatic carbocycles. The van der Waals surface area contributed by atoms with Gasteiger partial charge in [-0.1, -0.05) is 32.0 Å². The van der Waals surface area contributed by atoms with Crippen molar-refractivity contribution in [3.8, 4) is 11.5 Å². The van der Waals surface area contributed by atoms with E-state index in [-0.39, 0.29) is 11.8 Å². The van der Waals surface area contributed by atoms with E-state index in [0.29, 0.717) is 31.8 Å². The summed E-state index contributed by atoms with van der Waals surface area (Å²) in [6, 6.07) is 9.73. The van der Waals surface area contributed by atoms with Gasteiger partial charge in [0.25, 0.3) is 5.91 Å². The lowest BCUT2D eigenvalue weighted by Crippen LogP contribution is -2.42. The van der Waals surface area contributed by atoms with E-state index in [1.165, 1.54) is 0 Å². The van der Waals surface area contributed by atoms with Crippen LogP contribution in [0.25, 0.3) is 11.5 Å². The first-order valence-electron chi connectivity index (χ1n) is 8.05. The van der Waals surface area contributed by atoms with E-state index in [0.717, 1.165) is 17.0 Å². The van der Waals surface area contributed by atoms with Gasteiger partial charge in [0.2, 0.25) is 5.89 Å². The maximum atomic E-state index is 12.3. The number of aliphatic hydroxyl groups is 1. The minimum absolute atomic E-state index is 0.214. The minimum atomic E-state index is -0.933. The van der Waals surface area contributed by atoms with Crippen LogP contribution in [0, 0.1) is 5.92 Å². The first kappa shape index (κ1) is 15.7. The molecule has 0 aliphatic carbocycles. The van der Waals surface area contributed by atoms with Crippen LogP contribution in [0.3, 0.4) is 0 Å². The number of nitrogens with zero attached hydrogens (tertiary/aromatic N) is 2. The molecule has 5 heteroatoms. The Morgan fingerprint density at radius 3 is 2.78 bits per heavy atom. The molecule has 122 valence electrons. The molecule has 2 aromatic rings. The number of carbonyl (C=O) groups is 1. The number of carbonyl (C=O) groups excluding carboxylic acids is 1. The van der Waals surface area contributed by atoms with Gasteiger partial charge in [0.05, 0.1) is 6.54 Å². The van der Waals surface area contributed by atoms with Crippen molar-refractivity contribution in [2.24, 2.45) is 5.92 Å². The van der Waals surface area contributed by atoms with Gasteiger partial charge in [-0.25, -0.2) is 4.98 Å². The predicted molar refractivity (Wildman–Crippen MR) is 86.5 cm³/mol. The van der Waals surface area contributed by atoms with Gasteiger partial charge < -0.3 is 14.4 Å². The molecule has 23 heavy (non-hydrogen) atoms. The second-order valence-electron chi connectivity index (χ2n) is 6.41. The van der Waals surface area contributed by atoms with Gasteiger partial charge >= 0.3 is 0 Å². The Hall–Kier alpha value is -2.14. The Balaban J connectivity index is 1.74. The molecule has 0 saturated heterocycles. The standard InChI is InChI=1S/C18H22N2O3/c1-12(2)10-15(21)18(22)20-9-8-16-14(11-20)19-17(23-16)13-6-4-3-5-7-13/h3-7,12,15,21H,8-11H2,1-2H3. The molecule has 2 heterocycles. The van der Waals surface area contributed by atoms with Crippen LogP contribution in [0.2, 0.25) is 0 Å². The molecular formula is C18H22N2O3. The van der Waals surface area contributed by atoms with Crippen molar-refractivity contribution in [3.63, 3.8) is 0 Å². The van der Waals surface area contributed by atoms with Crippen LogP contribution in [0.1, 0.15) is 31.7 Å². The van der Waals surface area contributed by atoms with Crippen LogP contribution < -0.4 is 0 Å². The second-order valence-corrected chi connectivity index (χ2v) is 6.41. The topological polar surface area (TPSA) is 66.6 Å².